The summed E-state index contributed by atoms with van der Waals surface area (Å²) in [7, 11) is 0. The first kappa shape index (κ1) is 16.1. The molecule has 0 saturated heterocycles. The summed E-state index contributed by atoms with van der Waals surface area (Å²) < 4.78 is 0. The summed E-state index contributed by atoms with van der Waals surface area (Å²) in [6, 6.07) is 4.10. The van der Waals surface area contributed by atoms with Crippen LogP contribution in [0, 0.1) is 0 Å². The van der Waals surface area contributed by atoms with E-state index in [0.717, 1.165) is 25.8 Å². The summed E-state index contributed by atoms with van der Waals surface area (Å²) in [6.45, 7) is 4.73. The minimum Gasteiger partial charge on any atom is -0.395 e. The molecule has 0 aliphatic heterocycles. The third kappa shape index (κ3) is 7.30. The van der Waals surface area contributed by atoms with Crippen LogP contribution < -0.4 is 5.32 Å². The Balaban J connectivity index is 2.19. The molecule has 0 radical (unpaired) electrons. The Hall–Kier alpha value is -0.910. The molecule has 1 aromatic rings. The number of nitrogens with one attached hydrogen (secondary N) is 1. The predicted molar refractivity (Wildman–Crippen MR) is 79.5 cm³/mol. The van der Waals surface area contributed by atoms with Crippen molar-refractivity contribution in [2.75, 3.05) is 32.8 Å². The number of hydrogen-bond donors (Lipinski definition) is 2. The van der Waals surface area contributed by atoms with Crippen molar-refractivity contribution in [3.05, 3.63) is 22.4 Å². The molecule has 19 heavy (non-hydrogen) atoms. The summed E-state index contributed by atoms with van der Waals surface area (Å²) >= 11 is 1.71. The monoisotopic (exact) mass is 284 g/mol. The maximum absolute atomic E-state index is 11.8. The summed E-state index contributed by atoms with van der Waals surface area (Å²) in [6.07, 6.45) is 3.04. The Morgan fingerprint density at radius 2 is 2.32 bits per heavy atom. The first-order valence-electron chi connectivity index (χ1n) is 6.88. The molecule has 0 aliphatic rings. The van der Waals surface area contributed by atoms with E-state index >= 15 is 0 Å². The van der Waals surface area contributed by atoms with Gasteiger partial charge in [-0.25, -0.2) is 0 Å². The Bertz CT molecular complexity index is 341. The van der Waals surface area contributed by atoms with Crippen molar-refractivity contribution in [1.82, 2.24) is 10.2 Å². The van der Waals surface area contributed by atoms with Crippen molar-refractivity contribution in [2.45, 2.75) is 26.2 Å². The van der Waals surface area contributed by atoms with Gasteiger partial charge in [-0.3, -0.25) is 9.69 Å². The maximum Gasteiger partial charge on any atom is 0.234 e. The van der Waals surface area contributed by atoms with Crippen LogP contribution in [0.3, 0.4) is 0 Å². The molecule has 2 N–H and O–H groups in total. The molecule has 0 aliphatic carbocycles. The van der Waals surface area contributed by atoms with E-state index in [1.807, 2.05) is 16.3 Å². The van der Waals surface area contributed by atoms with E-state index in [2.05, 4.69) is 18.3 Å². The van der Waals surface area contributed by atoms with Gasteiger partial charge in [0.25, 0.3) is 0 Å². The van der Waals surface area contributed by atoms with E-state index in [1.165, 1.54) is 4.88 Å². The zero-order valence-corrected chi connectivity index (χ0v) is 12.4. The quantitative estimate of drug-likeness (QED) is 0.684. The average Bonchev–Trinajstić information content (AvgIpc) is 2.89. The molecule has 0 unspecified atom stereocenters. The maximum atomic E-state index is 11.8. The zero-order chi connectivity index (χ0) is 13.9. The van der Waals surface area contributed by atoms with Crippen LogP contribution in [-0.2, 0) is 11.2 Å². The fourth-order valence-electron chi connectivity index (χ4n) is 1.83. The first-order chi connectivity index (χ1) is 9.26. The highest BCUT2D eigenvalue weighted by Crippen LogP contribution is 2.07. The Morgan fingerprint density at radius 1 is 1.47 bits per heavy atom. The fraction of sp³-hybridized carbons (Fsp3) is 0.643. The van der Waals surface area contributed by atoms with Crippen molar-refractivity contribution in [1.29, 1.82) is 0 Å². The summed E-state index contributed by atoms with van der Waals surface area (Å²) in [4.78, 5) is 15.1. The van der Waals surface area contributed by atoms with Crippen LogP contribution in [0.1, 0.15) is 24.6 Å². The van der Waals surface area contributed by atoms with Gasteiger partial charge >= 0.3 is 0 Å². The van der Waals surface area contributed by atoms with Gasteiger partial charge < -0.3 is 10.4 Å². The van der Waals surface area contributed by atoms with Crippen LogP contribution in [0.25, 0.3) is 0 Å². The molecule has 0 atom stereocenters. The van der Waals surface area contributed by atoms with Crippen molar-refractivity contribution >= 4 is 17.2 Å². The first-order valence-corrected chi connectivity index (χ1v) is 7.76. The number of aliphatic hydroxyl groups is 1. The number of nitrogens with zero attached hydrogens (tertiary/aromatic N) is 1. The van der Waals surface area contributed by atoms with E-state index in [0.29, 0.717) is 19.6 Å². The Morgan fingerprint density at radius 3 is 2.95 bits per heavy atom. The van der Waals surface area contributed by atoms with Gasteiger partial charge in [0, 0.05) is 18.0 Å². The van der Waals surface area contributed by atoms with Crippen LogP contribution in [0.4, 0.5) is 0 Å². The predicted octanol–water partition coefficient (Wildman–Crippen LogP) is 1.50. The molecule has 5 heteroatoms. The van der Waals surface area contributed by atoms with Gasteiger partial charge in [0.2, 0.25) is 5.91 Å². The van der Waals surface area contributed by atoms with E-state index in [4.69, 9.17) is 5.11 Å². The van der Waals surface area contributed by atoms with E-state index < -0.39 is 0 Å². The lowest BCUT2D eigenvalue weighted by molar-refractivity contribution is -0.122. The molecule has 4 nitrogen and oxygen atoms in total. The van der Waals surface area contributed by atoms with Gasteiger partial charge in [0.1, 0.15) is 0 Å². The van der Waals surface area contributed by atoms with Gasteiger partial charge in [-0.2, -0.15) is 0 Å². The zero-order valence-electron chi connectivity index (χ0n) is 11.6. The molecule has 0 aromatic carbocycles. The lowest BCUT2D eigenvalue weighted by Gasteiger charge is -2.20. The van der Waals surface area contributed by atoms with Crippen molar-refractivity contribution in [3.63, 3.8) is 0 Å². The van der Waals surface area contributed by atoms with E-state index in [-0.39, 0.29) is 12.5 Å². The van der Waals surface area contributed by atoms with Crippen molar-refractivity contribution in [2.24, 2.45) is 0 Å². The number of hydrogen-bond acceptors (Lipinski definition) is 4. The summed E-state index contributed by atoms with van der Waals surface area (Å²) in [5.74, 6) is 0.0427. The van der Waals surface area contributed by atoms with Crippen LogP contribution in [0.5, 0.6) is 0 Å². The number of carbonyl (C=O) groups excluding carboxylic acids is 1. The third-order valence-electron chi connectivity index (χ3n) is 2.89. The van der Waals surface area contributed by atoms with E-state index in [1.54, 1.807) is 11.3 Å². The smallest absolute Gasteiger partial charge is 0.234 e. The molecule has 1 amide bonds. The molecule has 0 fully saturated rings. The molecule has 1 heterocycles. The second kappa shape index (κ2) is 9.95. The Kier molecular flexibility index (Phi) is 8.45. The van der Waals surface area contributed by atoms with Crippen LogP contribution in [-0.4, -0.2) is 48.7 Å². The highest BCUT2D eigenvalue weighted by Gasteiger charge is 2.09. The number of aliphatic hydroxyl groups excluding tert-OH is 1. The van der Waals surface area contributed by atoms with Crippen molar-refractivity contribution in [3.8, 4) is 0 Å². The standard InChI is InChI=1S/C14H24N2O2S/c1-2-3-8-16(9-10-17)12-14(18)15-7-6-13-5-4-11-19-13/h4-5,11,17H,2-3,6-10,12H2,1H3,(H,15,18). The number of rotatable bonds is 10. The molecule has 1 aromatic heterocycles. The van der Waals surface area contributed by atoms with Gasteiger partial charge in [-0.15, -0.1) is 11.3 Å². The lowest BCUT2D eigenvalue weighted by atomic mass is 10.3. The van der Waals surface area contributed by atoms with Gasteiger partial charge in [0.15, 0.2) is 0 Å². The second-order valence-electron chi connectivity index (χ2n) is 4.53. The second-order valence-corrected chi connectivity index (χ2v) is 5.56. The topological polar surface area (TPSA) is 52.6 Å². The molecule has 1 rings (SSSR count). The van der Waals surface area contributed by atoms with Crippen molar-refractivity contribution < 1.29 is 9.90 Å². The highest BCUT2D eigenvalue weighted by atomic mass is 32.1. The van der Waals surface area contributed by atoms with E-state index in [9.17, 15) is 4.79 Å². The fourth-order valence-corrected chi connectivity index (χ4v) is 2.54. The highest BCUT2D eigenvalue weighted by molar-refractivity contribution is 7.09. The number of thiophene rings is 1. The number of amides is 1. The molecular formula is C14H24N2O2S. The normalized spacial score (nSPS) is 10.9. The molecule has 0 spiro atoms. The number of carbonyl (C=O) groups is 1. The summed E-state index contributed by atoms with van der Waals surface area (Å²) in [5, 5.41) is 14.0. The van der Waals surface area contributed by atoms with Gasteiger partial charge in [0.05, 0.1) is 13.2 Å². The summed E-state index contributed by atoms with van der Waals surface area (Å²) in [5.41, 5.74) is 0. The largest absolute Gasteiger partial charge is 0.395 e. The Labute approximate surface area is 119 Å². The average molecular weight is 284 g/mol. The van der Waals surface area contributed by atoms with Crippen LogP contribution in [0.2, 0.25) is 0 Å². The SMILES string of the molecule is CCCCN(CCO)CC(=O)NCCc1cccs1. The molecule has 108 valence electrons. The van der Waals surface area contributed by atoms with Gasteiger partial charge in [-0.05, 0) is 30.8 Å². The van der Waals surface area contributed by atoms with Gasteiger partial charge in [-0.1, -0.05) is 19.4 Å². The van der Waals surface area contributed by atoms with Crippen LogP contribution in [0.15, 0.2) is 17.5 Å². The third-order valence-corrected chi connectivity index (χ3v) is 3.82. The molecular weight excluding hydrogens is 260 g/mol. The van der Waals surface area contributed by atoms with Crippen LogP contribution >= 0.6 is 11.3 Å². The molecule has 0 bridgehead atoms. The minimum atomic E-state index is 0.0427. The minimum absolute atomic E-state index is 0.0427. The molecule has 0 saturated carbocycles. The number of unbranched alkanes of at least 4 members (excludes halogenated alkanes) is 1. The lowest BCUT2D eigenvalue weighted by Crippen LogP contribution is -2.39.